The van der Waals surface area contributed by atoms with E-state index in [-0.39, 0.29) is 11.7 Å². The molecule has 0 radical (unpaired) electrons. The molecule has 1 amide bonds. The first-order chi connectivity index (χ1) is 12.8. The molecule has 0 saturated heterocycles. The fourth-order valence-electron chi connectivity index (χ4n) is 2.20. The predicted molar refractivity (Wildman–Crippen MR) is 101 cm³/mol. The van der Waals surface area contributed by atoms with Crippen LogP contribution in [0.2, 0.25) is 0 Å². The van der Waals surface area contributed by atoms with E-state index in [1.54, 1.807) is 30.3 Å². The standard InChI is InChI=1S/C21H22FNO4/c1-21(2,20(25)26)27-18-10-5-16(6-11-18)13-14-23-19(24)12-7-15-3-8-17(22)9-4-15/h3-12H,13-14H2,1-2H3,(H,23,24)(H,25,26). The van der Waals surface area contributed by atoms with Crippen molar-refractivity contribution in [1.82, 2.24) is 5.32 Å². The van der Waals surface area contributed by atoms with E-state index >= 15 is 0 Å². The van der Waals surface area contributed by atoms with Crippen molar-refractivity contribution in [3.05, 3.63) is 71.6 Å². The van der Waals surface area contributed by atoms with Gasteiger partial charge in [0.1, 0.15) is 11.6 Å². The van der Waals surface area contributed by atoms with Crippen LogP contribution in [0.15, 0.2) is 54.6 Å². The van der Waals surface area contributed by atoms with E-state index in [2.05, 4.69) is 5.32 Å². The van der Waals surface area contributed by atoms with Crippen molar-refractivity contribution in [2.45, 2.75) is 25.9 Å². The number of rotatable bonds is 8. The van der Waals surface area contributed by atoms with Crippen LogP contribution in [-0.2, 0) is 16.0 Å². The molecule has 5 nitrogen and oxygen atoms in total. The van der Waals surface area contributed by atoms with Crippen LogP contribution in [0.5, 0.6) is 5.75 Å². The van der Waals surface area contributed by atoms with E-state index in [9.17, 15) is 14.0 Å². The third-order valence-corrected chi connectivity index (χ3v) is 3.82. The average Bonchev–Trinajstić information content (AvgIpc) is 2.62. The summed E-state index contributed by atoms with van der Waals surface area (Å²) in [6.07, 6.45) is 3.64. The van der Waals surface area contributed by atoms with Gasteiger partial charge < -0.3 is 15.2 Å². The Labute approximate surface area is 157 Å². The molecule has 0 heterocycles. The smallest absolute Gasteiger partial charge is 0.347 e. The Hall–Kier alpha value is -3.15. The summed E-state index contributed by atoms with van der Waals surface area (Å²) < 4.78 is 18.3. The van der Waals surface area contributed by atoms with Crippen molar-refractivity contribution < 1.29 is 23.8 Å². The summed E-state index contributed by atoms with van der Waals surface area (Å²) in [7, 11) is 0. The largest absolute Gasteiger partial charge is 0.478 e. The van der Waals surface area contributed by atoms with Gasteiger partial charge in [-0.1, -0.05) is 24.3 Å². The number of hydrogen-bond acceptors (Lipinski definition) is 3. The van der Waals surface area contributed by atoms with E-state index in [0.717, 1.165) is 11.1 Å². The van der Waals surface area contributed by atoms with Crippen LogP contribution in [0.4, 0.5) is 4.39 Å². The Kier molecular flexibility index (Phi) is 6.71. The zero-order valence-corrected chi connectivity index (χ0v) is 15.2. The fourth-order valence-corrected chi connectivity index (χ4v) is 2.20. The molecule has 0 spiro atoms. The van der Waals surface area contributed by atoms with E-state index in [1.165, 1.54) is 32.1 Å². The molecule has 0 aliphatic heterocycles. The number of ether oxygens (including phenoxy) is 1. The molecule has 2 aromatic carbocycles. The number of carboxylic acids is 1. The van der Waals surface area contributed by atoms with Crippen LogP contribution >= 0.6 is 0 Å². The van der Waals surface area contributed by atoms with Gasteiger partial charge in [-0.05, 0) is 61.7 Å². The van der Waals surface area contributed by atoms with Gasteiger partial charge in [-0.15, -0.1) is 0 Å². The van der Waals surface area contributed by atoms with Gasteiger partial charge in [0, 0.05) is 12.6 Å². The lowest BCUT2D eigenvalue weighted by Crippen LogP contribution is -2.37. The minimum atomic E-state index is -1.30. The summed E-state index contributed by atoms with van der Waals surface area (Å²) in [5.74, 6) is -1.12. The van der Waals surface area contributed by atoms with Crippen molar-refractivity contribution in [2.75, 3.05) is 6.54 Å². The Balaban J connectivity index is 1.78. The molecule has 0 unspecified atom stereocenters. The number of carboxylic acid groups (broad SMARTS) is 1. The molecule has 27 heavy (non-hydrogen) atoms. The number of halogens is 1. The van der Waals surface area contributed by atoms with E-state index in [0.29, 0.717) is 18.7 Å². The first-order valence-corrected chi connectivity index (χ1v) is 8.49. The van der Waals surface area contributed by atoms with Gasteiger partial charge in [-0.3, -0.25) is 4.79 Å². The highest BCUT2D eigenvalue weighted by Gasteiger charge is 2.29. The average molecular weight is 371 g/mol. The SMILES string of the molecule is CC(C)(Oc1ccc(CCNC(=O)C=Cc2ccc(F)cc2)cc1)C(=O)O. The molecule has 2 rings (SSSR count). The Bertz CT molecular complexity index is 811. The lowest BCUT2D eigenvalue weighted by atomic mass is 10.1. The fraction of sp³-hybridized carbons (Fsp3) is 0.238. The molecular formula is C21H22FNO4. The third-order valence-electron chi connectivity index (χ3n) is 3.82. The second-order valence-electron chi connectivity index (χ2n) is 6.49. The number of aliphatic carboxylic acids is 1. The van der Waals surface area contributed by atoms with Crippen LogP contribution in [0.1, 0.15) is 25.0 Å². The van der Waals surface area contributed by atoms with Crippen LogP contribution in [-0.4, -0.2) is 29.1 Å². The van der Waals surface area contributed by atoms with Crippen LogP contribution in [0, 0.1) is 5.82 Å². The maximum absolute atomic E-state index is 12.8. The van der Waals surface area contributed by atoms with Crippen molar-refractivity contribution in [3.63, 3.8) is 0 Å². The second kappa shape index (κ2) is 8.98. The highest BCUT2D eigenvalue weighted by molar-refractivity contribution is 5.91. The van der Waals surface area contributed by atoms with Crippen LogP contribution < -0.4 is 10.1 Å². The second-order valence-corrected chi connectivity index (χ2v) is 6.49. The number of carbonyl (C=O) groups is 2. The normalized spacial score (nSPS) is 11.4. The molecule has 0 aliphatic carbocycles. The van der Waals surface area contributed by atoms with E-state index < -0.39 is 11.6 Å². The predicted octanol–water partition coefficient (Wildman–Crippen LogP) is 3.44. The highest BCUT2D eigenvalue weighted by atomic mass is 19.1. The highest BCUT2D eigenvalue weighted by Crippen LogP contribution is 2.19. The van der Waals surface area contributed by atoms with E-state index in [1.807, 2.05) is 12.1 Å². The monoisotopic (exact) mass is 371 g/mol. The molecule has 2 aromatic rings. The Morgan fingerprint density at radius 2 is 1.74 bits per heavy atom. The maximum atomic E-state index is 12.8. The zero-order chi connectivity index (χ0) is 19.9. The summed E-state index contributed by atoms with van der Waals surface area (Å²) in [4.78, 5) is 22.9. The quantitative estimate of drug-likeness (QED) is 0.697. The van der Waals surface area contributed by atoms with Gasteiger partial charge in [-0.25, -0.2) is 9.18 Å². The summed E-state index contributed by atoms with van der Waals surface area (Å²) in [6.45, 7) is 3.42. The van der Waals surface area contributed by atoms with Gasteiger partial charge in [-0.2, -0.15) is 0 Å². The van der Waals surface area contributed by atoms with Crippen molar-refractivity contribution >= 4 is 18.0 Å². The molecule has 142 valence electrons. The van der Waals surface area contributed by atoms with Gasteiger partial charge in [0.25, 0.3) is 0 Å². The first kappa shape index (κ1) is 20.2. The number of nitrogens with one attached hydrogen (secondary N) is 1. The van der Waals surface area contributed by atoms with Crippen LogP contribution in [0.25, 0.3) is 6.08 Å². The number of hydrogen-bond donors (Lipinski definition) is 2. The van der Waals surface area contributed by atoms with Crippen molar-refractivity contribution in [1.29, 1.82) is 0 Å². The van der Waals surface area contributed by atoms with Gasteiger partial charge >= 0.3 is 5.97 Å². The van der Waals surface area contributed by atoms with Gasteiger partial charge in [0.2, 0.25) is 5.91 Å². The molecule has 0 saturated carbocycles. The molecule has 2 N–H and O–H groups in total. The first-order valence-electron chi connectivity index (χ1n) is 8.49. The summed E-state index contributed by atoms with van der Waals surface area (Å²) in [6, 6.07) is 12.9. The number of benzene rings is 2. The Morgan fingerprint density at radius 3 is 2.33 bits per heavy atom. The van der Waals surface area contributed by atoms with Gasteiger partial charge in [0.15, 0.2) is 5.60 Å². The lowest BCUT2D eigenvalue weighted by molar-refractivity contribution is -0.152. The number of amides is 1. The third kappa shape index (κ3) is 6.58. The lowest BCUT2D eigenvalue weighted by Gasteiger charge is -2.21. The molecule has 6 heteroatoms. The van der Waals surface area contributed by atoms with Gasteiger partial charge in [0.05, 0.1) is 0 Å². The minimum Gasteiger partial charge on any atom is -0.478 e. The molecule has 0 aromatic heterocycles. The Morgan fingerprint density at radius 1 is 1.11 bits per heavy atom. The molecule has 0 bridgehead atoms. The molecular weight excluding hydrogens is 349 g/mol. The van der Waals surface area contributed by atoms with Crippen molar-refractivity contribution in [3.8, 4) is 5.75 Å². The maximum Gasteiger partial charge on any atom is 0.347 e. The molecule has 0 fully saturated rings. The summed E-state index contributed by atoms with van der Waals surface area (Å²) in [5, 5.41) is 11.8. The van der Waals surface area contributed by atoms with Crippen LogP contribution in [0.3, 0.4) is 0 Å². The topological polar surface area (TPSA) is 75.6 Å². The number of carbonyl (C=O) groups excluding carboxylic acids is 1. The van der Waals surface area contributed by atoms with Crippen molar-refractivity contribution in [2.24, 2.45) is 0 Å². The van der Waals surface area contributed by atoms with E-state index in [4.69, 9.17) is 9.84 Å². The summed E-state index contributed by atoms with van der Waals surface area (Å²) in [5.41, 5.74) is 0.427. The molecule has 0 atom stereocenters. The molecule has 0 aliphatic rings. The minimum absolute atomic E-state index is 0.234. The zero-order valence-electron chi connectivity index (χ0n) is 15.2. The summed E-state index contributed by atoms with van der Waals surface area (Å²) >= 11 is 0.